The van der Waals surface area contributed by atoms with E-state index in [4.69, 9.17) is 11.6 Å². The summed E-state index contributed by atoms with van der Waals surface area (Å²) in [5.41, 5.74) is 3.08. The maximum atomic E-state index is 5.94. The Kier molecular flexibility index (Phi) is 3.31. The molecule has 0 unspecified atom stereocenters. The van der Waals surface area contributed by atoms with Gasteiger partial charge in [0.1, 0.15) is 0 Å². The molecule has 0 saturated heterocycles. The Hall–Kier alpha value is -0.530. The minimum Gasteiger partial charge on any atom is -0.307 e. The second-order valence-corrected chi connectivity index (χ2v) is 7.77. The van der Waals surface area contributed by atoms with E-state index in [0.717, 1.165) is 24.3 Å². The first-order valence-corrected chi connectivity index (χ1v) is 8.67. The van der Waals surface area contributed by atoms with Crippen molar-refractivity contribution in [2.45, 2.75) is 56.5 Å². The molecular formula is C18H24ClN. The second-order valence-electron chi connectivity index (χ2n) is 7.51. The van der Waals surface area contributed by atoms with Crippen LogP contribution in [-0.4, -0.2) is 5.54 Å². The maximum absolute atomic E-state index is 5.94. The number of hydrogen-bond donors (Lipinski definition) is 1. The lowest BCUT2D eigenvalue weighted by atomic mass is 9.53. The Balaban J connectivity index is 1.46. The number of rotatable bonds is 4. The molecule has 1 aromatic rings. The topological polar surface area (TPSA) is 12.0 Å². The molecule has 20 heavy (non-hydrogen) atoms. The Bertz CT molecular complexity index is 461. The lowest BCUT2D eigenvalue weighted by Crippen LogP contribution is -2.58. The van der Waals surface area contributed by atoms with Crippen molar-refractivity contribution in [3.8, 4) is 0 Å². The Morgan fingerprint density at radius 2 is 1.60 bits per heavy atom. The smallest absolute Gasteiger partial charge is 0.0474 e. The third-order valence-electron chi connectivity index (χ3n) is 5.85. The van der Waals surface area contributed by atoms with Crippen molar-refractivity contribution >= 4 is 11.6 Å². The Labute approximate surface area is 127 Å². The molecule has 1 aromatic carbocycles. The Morgan fingerprint density at radius 3 is 2.20 bits per heavy atom. The molecule has 5 rings (SSSR count). The van der Waals surface area contributed by atoms with Crippen LogP contribution >= 0.6 is 11.6 Å². The van der Waals surface area contributed by atoms with E-state index in [2.05, 4.69) is 29.6 Å². The SMILES string of the molecule is ClCc1cccc(CNC23CC4CC(CC(C4)C2)C3)c1. The third-order valence-corrected chi connectivity index (χ3v) is 6.16. The molecule has 4 aliphatic rings. The fourth-order valence-electron chi connectivity index (χ4n) is 5.44. The quantitative estimate of drug-likeness (QED) is 0.806. The van der Waals surface area contributed by atoms with Gasteiger partial charge in [-0.05, 0) is 67.4 Å². The first-order chi connectivity index (χ1) is 9.75. The van der Waals surface area contributed by atoms with Crippen molar-refractivity contribution in [3.63, 3.8) is 0 Å². The van der Waals surface area contributed by atoms with Gasteiger partial charge in [0.05, 0.1) is 0 Å². The van der Waals surface area contributed by atoms with Gasteiger partial charge in [-0.2, -0.15) is 0 Å². The molecule has 1 nitrogen and oxygen atoms in total. The average molecular weight is 290 g/mol. The van der Waals surface area contributed by atoms with E-state index in [-0.39, 0.29) is 0 Å². The van der Waals surface area contributed by atoms with Gasteiger partial charge >= 0.3 is 0 Å². The standard InChI is InChI=1S/C18H24ClN/c19-11-13-2-1-3-14(4-13)12-20-18-8-15-5-16(9-18)7-17(6-15)10-18/h1-4,15-17,20H,5-12H2. The van der Waals surface area contributed by atoms with E-state index in [1.165, 1.54) is 49.7 Å². The largest absolute Gasteiger partial charge is 0.307 e. The van der Waals surface area contributed by atoms with Crippen LogP contribution in [0.4, 0.5) is 0 Å². The molecule has 2 heteroatoms. The van der Waals surface area contributed by atoms with E-state index in [1.54, 1.807) is 0 Å². The van der Waals surface area contributed by atoms with Crippen LogP contribution in [0, 0.1) is 17.8 Å². The molecular weight excluding hydrogens is 266 g/mol. The zero-order valence-electron chi connectivity index (χ0n) is 12.1. The van der Waals surface area contributed by atoms with Gasteiger partial charge in [0.25, 0.3) is 0 Å². The molecule has 0 aromatic heterocycles. The van der Waals surface area contributed by atoms with Crippen LogP contribution in [0.15, 0.2) is 24.3 Å². The summed E-state index contributed by atoms with van der Waals surface area (Å²) >= 11 is 5.94. The molecule has 4 aliphatic carbocycles. The Morgan fingerprint density at radius 1 is 1.00 bits per heavy atom. The zero-order valence-corrected chi connectivity index (χ0v) is 12.8. The highest BCUT2D eigenvalue weighted by Gasteiger charge is 2.50. The summed E-state index contributed by atoms with van der Waals surface area (Å²) in [5.74, 6) is 3.67. The molecule has 0 amide bonds. The highest BCUT2D eigenvalue weighted by atomic mass is 35.5. The van der Waals surface area contributed by atoms with Gasteiger partial charge in [-0.15, -0.1) is 11.6 Å². The molecule has 0 radical (unpaired) electrons. The van der Waals surface area contributed by atoms with Crippen molar-refractivity contribution in [3.05, 3.63) is 35.4 Å². The van der Waals surface area contributed by atoms with Gasteiger partial charge in [-0.1, -0.05) is 24.3 Å². The predicted molar refractivity (Wildman–Crippen MR) is 83.7 cm³/mol. The van der Waals surface area contributed by atoms with Gasteiger partial charge in [0, 0.05) is 18.0 Å². The number of nitrogens with one attached hydrogen (secondary N) is 1. The van der Waals surface area contributed by atoms with Gasteiger partial charge in [0.15, 0.2) is 0 Å². The van der Waals surface area contributed by atoms with Crippen LogP contribution in [0.1, 0.15) is 49.7 Å². The lowest BCUT2D eigenvalue weighted by Gasteiger charge is -2.57. The first-order valence-electron chi connectivity index (χ1n) is 8.13. The van der Waals surface area contributed by atoms with Gasteiger partial charge in [-0.3, -0.25) is 0 Å². The predicted octanol–water partition coefficient (Wildman–Crippen LogP) is 4.48. The molecule has 0 atom stereocenters. The summed E-state index contributed by atoms with van der Waals surface area (Å²) in [4.78, 5) is 0. The molecule has 4 saturated carbocycles. The second kappa shape index (κ2) is 5.03. The minimum absolute atomic E-state index is 0.464. The van der Waals surface area contributed by atoms with Crippen molar-refractivity contribution in [2.75, 3.05) is 0 Å². The highest BCUT2D eigenvalue weighted by Crippen LogP contribution is 2.55. The van der Waals surface area contributed by atoms with E-state index >= 15 is 0 Å². The van der Waals surface area contributed by atoms with E-state index < -0.39 is 0 Å². The number of halogens is 1. The van der Waals surface area contributed by atoms with Gasteiger partial charge in [0.2, 0.25) is 0 Å². The summed E-state index contributed by atoms with van der Waals surface area (Å²) in [6.45, 7) is 1.01. The van der Waals surface area contributed by atoms with E-state index in [9.17, 15) is 0 Å². The van der Waals surface area contributed by atoms with E-state index in [1.807, 2.05) is 0 Å². The third kappa shape index (κ3) is 2.40. The fraction of sp³-hybridized carbons (Fsp3) is 0.667. The molecule has 4 bridgehead atoms. The van der Waals surface area contributed by atoms with Gasteiger partial charge in [-0.25, -0.2) is 0 Å². The van der Waals surface area contributed by atoms with Crippen LogP contribution in [-0.2, 0) is 12.4 Å². The van der Waals surface area contributed by atoms with Crippen molar-refractivity contribution in [2.24, 2.45) is 17.8 Å². The molecule has 4 fully saturated rings. The van der Waals surface area contributed by atoms with Crippen molar-refractivity contribution in [1.82, 2.24) is 5.32 Å². The molecule has 1 N–H and O–H groups in total. The molecule has 0 heterocycles. The monoisotopic (exact) mass is 289 g/mol. The summed E-state index contributed by atoms with van der Waals surface area (Å²) in [5, 5.41) is 3.95. The van der Waals surface area contributed by atoms with Crippen LogP contribution in [0.3, 0.4) is 0 Å². The first kappa shape index (κ1) is 13.2. The average Bonchev–Trinajstić information content (AvgIpc) is 2.44. The minimum atomic E-state index is 0.464. The van der Waals surface area contributed by atoms with Crippen LogP contribution < -0.4 is 5.32 Å². The molecule has 0 aliphatic heterocycles. The van der Waals surface area contributed by atoms with E-state index in [0.29, 0.717) is 11.4 Å². The number of hydrogen-bond acceptors (Lipinski definition) is 1. The molecule has 108 valence electrons. The van der Waals surface area contributed by atoms with Crippen LogP contribution in [0.25, 0.3) is 0 Å². The number of benzene rings is 1. The van der Waals surface area contributed by atoms with Gasteiger partial charge < -0.3 is 5.32 Å². The van der Waals surface area contributed by atoms with Crippen LogP contribution in [0.5, 0.6) is 0 Å². The summed E-state index contributed by atoms with van der Waals surface area (Å²) in [7, 11) is 0. The number of alkyl halides is 1. The summed E-state index contributed by atoms with van der Waals surface area (Å²) < 4.78 is 0. The summed E-state index contributed by atoms with van der Waals surface area (Å²) in [6, 6.07) is 8.72. The fourth-order valence-corrected chi connectivity index (χ4v) is 5.61. The van der Waals surface area contributed by atoms with Crippen molar-refractivity contribution < 1.29 is 0 Å². The summed E-state index contributed by atoms with van der Waals surface area (Å²) in [6.07, 6.45) is 8.82. The lowest BCUT2D eigenvalue weighted by molar-refractivity contribution is -0.0206. The highest BCUT2D eigenvalue weighted by molar-refractivity contribution is 6.17. The van der Waals surface area contributed by atoms with Crippen LogP contribution in [0.2, 0.25) is 0 Å². The maximum Gasteiger partial charge on any atom is 0.0474 e. The zero-order chi connectivity index (χ0) is 13.6. The molecule has 0 spiro atoms. The normalized spacial score (nSPS) is 38.4. The van der Waals surface area contributed by atoms with Crippen molar-refractivity contribution in [1.29, 1.82) is 0 Å².